The Hall–Kier alpha value is -2.90. The molecule has 1 heteroatoms. The Bertz CT molecular complexity index is 1440. The smallest absolute Gasteiger partial charge is 0.0254 e. The standard InChI is InChI=1S/C27H17Br/c28-26-11-10-21-16-23(24-6-3-7-25(26)27(21)24)13-17-8-9-20-14-18-4-1-2-5-19(18)15-22(20)12-17/h1-15H,16H2/b23-13+. The molecule has 6 rings (SSSR count). The second-order valence-corrected chi connectivity index (χ2v) is 8.44. The lowest BCUT2D eigenvalue weighted by Crippen LogP contribution is -1.82. The minimum absolute atomic E-state index is 0.999. The first kappa shape index (κ1) is 16.1. The van der Waals surface area contributed by atoms with Crippen molar-refractivity contribution >= 4 is 59.9 Å². The highest BCUT2D eigenvalue weighted by Crippen LogP contribution is 2.41. The quantitative estimate of drug-likeness (QED) is 0.241. The molecular weight excluding hydrogens is 404 g/mol. The zero-order valence-electron chi connectivity index (χ0n) is 15.2. The molecule has 0 heterocycles. The zero-order valence-corrected chi connectivity index (χ0v) is 16.8. The average Bonchev–Trinajstić information content (AvgIpc) is 3.08. The summed E-state index contributed by atoms with van der Waals surface area (Å²) >= 11 is 3.71. The van der Waals surface area contributed by atoms with Crippen molar-refractivity contribution in [1.29, 1.82) is 0 Å². The number of benzene rings is 5. The van der Waals surface area contributed by atoms with Gasteiger partial charge in [-0.3, -0.25) is 0 Å². The fourth-order valence-electron chi connectivity index (χ4n) is 4.54. The van der Waals surface area contributed by atoms with Crippen molar-refractivity contribution in [2.75, 3.05) is 0 Å². The highest BCUT2D eigenvalue weighted by atomic mass is 79.9. The SMILES string of the molecule is Brc1ccc2c3c(cccc13)/C(=C/c1ccc3cc4ccccc4cc3c1)C2. The number of rotatable bonds is 1. The van der Waals surface area contributed by atoms with Gasteiger partial charge in [-0.15, -0.1) is 0 Å². The molecule has 0 saturated carbocycles. The van der Waals surface area contributed by atoms with Gasteiger partial charge in [0, 0.05) is 4.47 Å². The number of allylic oxidation sites excluding steroid dienone is 1. The van der Waals surface area contributed by atoms with Gasteiger partial charge >= 0.3 is 0 Å². The lowest BCUT2D eigenvalue weighted by atomic mass is 9.99. The Morgan fingerprint density at radius 1 is 0.679 bits per heavy atom. The molecule has 28 heavy (non-hydrogen) atoms. The summed E-state index contributed by atoms with van der Waals surface area (Å²) in [7, 11) is 0. The van der Waals surface area contributed by atoms with E-state index >= 15 is 0 Å². The van der Waals surface area contributed by atoms with E-state index in [0.29, 0.717) is 0 Å². The van der Waals surface area contributed by atoms with E-state index in [1.807, 2.05) is 0 Å². The van der Waals surface area contributed by atoms with Crippen LogP contribution in [0.1, 0.15) is 16.7 Å². The summed E-state index contributed by atoms with van der Waals surface area (Å²) in [6.45, 7) is 0. The molecule has 0 amide bonds. The van der Waals surface area contributed by atoms with E-state index in [0.717, 1.165) is 6.42 Å². The van der Waals surface area contributed by atoms with Crippen LogP contribution in [0.5, 0.6) is 0 Å². The van der Waals surface area contributed by atoms with Crippen LogP contribution < -0.4 is 0 Å². The van der Waals surface area contributed by atoms with E-state index in [9.17, 15) is 0 Å². The Kier molecular flexibility index (Phi) is 3.48. The van der Waals surface area contributed by atoms with Gasteiger partial charge in [0.25, 0.3) is 0 Å². The lowest BCUT2D eigenvalue weighted by molar-refractivity contribution is 1.38. The van der Waals surface area contributed by atoms with Crippen molar-refractivity contribution in [3.05, 3.63) is 106 Å². The van der Waals surface area contributed by atoms with E-state index in [1.54, 1.807) is 0 Å². The first-order chi connectivity index (χ1) is 13.8. The van der Waals surface area contributed by atoms with Crippen molar-refractivity contribution in [3.63, 3.8) is 0 Å². The Morgan fingerprint density at radius 2 is 1.46 bits per heavy atom. The van der Waals surface area contributed by atoms with Gasteiger partial charge in [0.05, 0.1) is 0 Å². The second-order valence-electron chi connectivity index (χ2n) is 7.59. The van der Waals surface area contributed by atoms with Crippen LogP contribution in [0.25, 0.3) is 44.0 Å². The molecule has 0 aromatic heterocycles. The van der Waals surface area contributed by atoms with Crippen molar-refractivity contribution in [3.8, 4) is 0 Å². The van der Waals surface area contributed by atoms with E-state index in [1.165, 1.54) is 59.1 Å². The van der Waals surface area contributed by atoms with Gasteiger partial charge in [-0.2, -0.15) is 0 Å². The number of hydrogen-bond acceptors (Lipinski definition) is 0. The number of halogens is 1. The third kappa shape index (κ3) is 2.43. The molecular formula is C27H17Br. The van der Waals surface area contributed by atoms with Gasteiger partial charge < -0.3 is 0 Å². The highest BCUT2D eigenvalue weighted by Gasteiger charge is 2.19. The van der Waals surface area contributed by atoms with Crippen molar-refractivity contribution in [1.82, 2.24) is 0 Å². The Morgan fingerprint density at radius 3 is 2.32 bits per heavy atom. The van der Waals surface area contributed by atoms with Crippen molar-refractivity contribution in [2.24, 2.45) is 0 Å². The molecule has 0 spiro atoms. The molecule has 0 aliphatic heterocycles. The molecule has 5 aromatic rings. The summed E-state index contributed by atoms with van der Waals surface area (Å²) in [4.78, 5) is 0. The first-order valence-corrected chi connectivity index (χ1v) is 10.4. The third-order valence-electron chi connectivity index (χ3n) is 5.87. The molecule has 0 unspecified atom stereocenters. The maximum absolute atomic E-state index is 3.71. The predicted octanol–water partition coefficient (Wildman–Crippen LogP) is 8.01. The fourth-order valence-corrected chi connectivity index (χ4v) is 5.00. The van der Waals surface area contributed by atoms with Gasteiger partial charge in [0.2, 0.25) is 0 Å². The summed E-state index contributed by atoms with van der Waals surface area (Å²) in [5, 5.41) is 7.89. The van der Waals surface area contributed by atoms with Gasteiger partial charge in [-0.05, 0) is 85.3 Å². The fraction of sp³-hybridized carbons (Fsp3) is 0.0370. The molecule has 0 bridgehead atoms. The van der Waals surface area contributed by atoms with Crippen LogP contribution in [-0.2, 0) is 6.42 Å². The van der Waals surface area contributed by atoms with E-state index in [2.05, 4.69) is 107 Å². The van der Waals surface area contributed by atoms with Crippen LogP contribution >= 0.6 is 15.9 Å². The monoisotopic (exact) mass is 420 g/mol. The molecule has 0 N–H and O–H groups in total. The third-order valence-corrected chi connectivity index (χ3v) is 6.56. The minimum atomic E-state index is 0.999. The second kappa shape index (κ2) is 6.05. The number of fused-ring (bicyclic) bond motifs is 2. The highest BCUT2D eigenvalue weighted by molar-refractivity contribution is 9.10. The maximum Gasteiger partial charge on any atom is 0.0254 e. The molecule has 0 radical (unpaired) electrons. The van der Waals surface area contributed by atoms with Gasteiger partial charge in [-0.1, -0.05) is 82.7 Å². The summed E-state index contributed by atoms with van der Waals surface area (Å²) in [5.74, 6) is 0. The molecule has 0 atom stereocenters. The summed E-state index contributed by atoms with van der Waals surface area (Å²) < 4.78 is 1.17. The average molecular weight is 421 g/mol. The van der Waals surface area contributed by atoms with Crippen LogP contribution in [0.2, 0.25) is 0 Å². The maximum atomic E-state index is 3.71. The van der Waals surface area contributed by atoms with Gasteiger partial charge in [0.1, 0.15) is 0 Å². The van der Waals surface area contributed by atoms with Crippen LogP contribution in [0, 0.1) is 0 Å². The van der Waals surface area contributed by atoms with E-state index in [4.69, 9.17) is 0 Å². The van der Waals surface area contributed by atoms with Crippen molar-refractivity contribution in [2.45, 2.75) is 6.42 Å². The molecule has 0 saturated heterocycles. The molecule has 0 fully saturated rings. The van der Waals surface area contributed by atoms with Gasteiger partial charge in [0.15, 0.2) is 0 Å². The van der Waals surface area contributed by atoms with E-state index < -0.39 is 0 Å². The Balaban J connectivity index is 1.51. The van der Waals surface area contributed by atoms with Crippen LogP contribution in [-0.4, -0.2) is 0 Å². The van der Waals surface area contributed by atoms with Crippen LogP contribution in [0.3, 0.4) is 0 Å². The van der Waals surface area contributed by atoms with Crippen LogP contribution in [0.15, 0.2) is 89.4 Å². The van der Waals surface area contributed by atoms with Crippen LogP contribution in [0.4, 0.5) is 0 Å². The molecule has 1 aliphatic carbocycles. The van der Waals surface area contributed by atoms with E-state index in [-0.39, 0.29) is 0 Å². The molecule has 132 valence electrons. The summed E-state index contributed by atoms with van der Waals surface area (Å²) in [6, 6.07) is 31.0. The van der Waals surface area contributed by atoms with Gasteiger partial charge in [-0.25, -0.2) is 0 Å². The first-order valence-electron chi connectivity index (χ1n) is 9.60. The van der Waals surface area contributed by atoms with Crippen molar-refractivity contribution < 1.29 is 0 Å². The lowest BCUT2D eigenvalue weighted by Gasteiger charge is -2.06. The normalized spacial score (nSPS) is 14.5. The predicted molar refractivity (Wildman–Crippen MR) is 125 cm³/mol. The molecule has 0 nitrogen and oxygen atoms in total. The largest absolute Gasteiger partial charge is 0.0616 e. The zero-order chi connectivity index (χ0) is 18.7. The molecule has 1 aliphatic rings. The number of hydrogen-bond donors (Lipinski definition) is 0. The summed E-state index contributed by atoms with van der Waals surface area (Å²) in [6.07, 6.45) is 3.36. The summed E-state index contributed by atoms with van der Waals surface area (Å²) in [5.41, 5.74) is 5.46. The molecule has 5 aromatic carbocycles. The topological polar surface area (TPSA) is 0 Å². The Labute approximate surface area is 172 Å². The minimum Gasteiger partial charge on any atom is -0.0616 e.